The van der Waals surface area contributed by atoms with Crippen LogP contribution in [0.15, 0.2) is 60.7 Å². The second-order valence-electron chi connectivity index (χ2n) is 10.5. The summed E-state index contributed by atoms with van der Waals surface area (Å²) >= 11 is 1.71. The third-order valence-electron chi connectivity index (χ3n) is 7.25. The maximum absolute atomic E-state index is 12.4. The molecule has 4 aromatic rings. The number of rotatable bonds is 16. The third kappa shape index (κ3) is 9.79. The average molecular weight is 625 g/mol. The topological polar surface area (TPSA) is 84.4 Å². The van der Waals surface area contributed by atoms with Crippen LogP contribution in [0, 0.1) is 38.5 Å². The number of hydrogen-bond donors (Lipinski definition) is 2. The molecule has 0 spiro atoms. The Hall–Kier alpha value is -4.41. The molecule has 8 nitrogen and oxygen atoms in total. The van der Waals surface area contributed by atoms with Crippen LogP contribution in [0.1, 0.15) is 24.2 Å². The van der Waals surface area contributed by atoms with Crippen LogP contribution in [0.5, 0.6) is 0 Å². The molecule has 45 heavy (non-hydrogen) atoms. The summed E-state index contributed by atoms with van der Waals surface area (Å²) in [4.78, 5) is 24.8. The van der Waals surface area contributed by atoms with Crippen molar-refractivity contribution in [2.45, 2.75) is 39.8 Å². The number of terminal acetylenes is 2. The van der Waals surface area contributed by atoms with Gasteiger partial charge in [0.05, 0.1) is 39.3 Å². The highest BCUT2D eigenvalue weighted by Crippen LogP contribution is 2.19. The van der Waals surface area contributed by atoms with Gasteiger partial charge < -0.3 is 20.1 Å². The van der Waals surface area contributed by atoms with Crippen molar-refractivity contribution in [2.75, 3.05) is 48.6 Å². The number of aryl methyl sites for hydroxylation is 2. The summed E-state index contributed by atoms with van der Waals surface area (Å²) in [6.07, 6.45) is 11.6. The van der Waals surface area contributed by atoms with Crippen LogP contribution in [0.4, 0.5) is 11.4 Å². The first-order valence-electron chi connectivity index (χ1n) is 15.0. The summed E-state index contributed by atoms with van der Waals surface area (Å²) in [5, 5.41) is 7.91. The first kappa shape index (κ1) is 33.5. The van der Waals surface area contributed by atoms with Crippen molar-refractivity contribution in [3.63, 3.8) is 0 Å². The molecular weight excluding hydrogens is 584 g/mol. The van der Waals surface area contributed by atoms with Crippen molar-refractivity contribution >= 4 is 56.8 Å². The molecule has 232 valence electrons. The van der Waals surface area contributed by atoms with Crippen molar-refractivity contribution in [3.05, 3.63) is 72.1 Å². The number of hydrogen-bond acceptors (Lipinski definition) is 5. The van der Waals surface area contributed by atoms with Crippen molar-refractivity contribution in [1.29, 1.82) is 0 Å². The highest BCUT2D eigenvalue weighted by molar-refractivity contribution is 7.99. The van der Waals surface area contributed by atoms with E-state index in [2.05, 4.69) is 31.6 Å². The van der Waals surface area contributed by atoms with E-state index < -0.39 is 0 Å². The van der Waals surface area contributed by atoms with E-state index in [4.69, 9.17) is 22.3 Å². The monoisotopic (exact) mass is 624 g/mol. The second-order valence-corrected chi connectivity index (χ2v) is 11.7. The Bertz CT molecular complexity index is 1610. The minimum atomic E-state index is -0.0908. The lowest BCUT2D eigenvalue weighted by molar-refractivity contribution is -0.665. The SMILES string of the molecule is C#CC[n+]1c(C)ccc2cc(NC(=O)CCOCCSCCOCCC(=O)Nc3ccc4c(ccc(C)[n+]4CC#C)c3)ccc21. The van der Waals surface area contributed by atoms with Crippen molar-refractivity contribution in [3.8, 4) is 24.7 Å². The number of ether oxygens (including phenoxy) is 2. The Labute approximate surface area is 269 Å². The van der Waals surface area contributed by atoms with Gasteiger partial charge in [-0.05, 0) is 48.2 Å². The number of anilines is 2. The Kier molecular flexibility index (Phi) is 12.8. The highest BCUT2D eigenvalue weighted by atomic mass is 32.2. The molecule has 0 saturated heterocycles. The van der Waals surface area contributed by atoms with Gasteiger partial charge in [0, 0.05) is 71.8 Å². The molecule has 2 aromatic heterocycles. The molecule has 0 aliphatic carbocycles. The second kappa shape index (κ2) is 17.2. The first-order chi connectivity index (χ1) is 21.9. The number of pyridine rings is 2. The highest BCUT2D eigenvalue weighted by Gasteiger charge is 2.14. The van der Waals surface area contributed by atoms with E-state index in [9.17, 15) is 9.59 Å². The molecule has 0 bridgehead atoms. The number of fused-ring (bicyclic) bond motifs is 2. The normalized spacial score (nSPS) is 10.8. The molecule has 0 aliphatic rings. The van der Waals surface area contributed by atoms with Crippen molar-refractivity contribution in [2.24, 2.45) is 0 Å². The van der Waals surface area contributed by atoms with Gasteiger partial charge in [-0.25, -0.2) is 0 Å². The summed E-state index contributed by atoms with van der Waals surface area (Å²) in [5.41, 5.74) is 5.73. The maximum atomic E-state index is 12.4. The molecule has 0 radical (unpaired) electrons. The van der Waals surface area contributed by atoms with E-state index in [1.807, 2.05) is 74.5 Å². The van der Waals surface area contributed by atoms with E-state index >= 15 is 0 Å². The Morgan fingerprint density at radius 2 is 1.13 bits per heavy atom. The van der Waals surface area contributed by atoms with Crippen LogP contribution in [0.25, 0.3) is 21.8 Å². The smallest absolute Gasteiger partial charge is 0.226 e. The quantitative estimate of drug-likeness (QED) is 0.108. The zero-order valence-corrected chi connectivity index (χ0v) is 26.8. The van der Waals surface area contributed by atoms with Gasteiger partial charge in [0.25, 0.3) is 0 Å². The predicted octanol–water partition coefficient (Wildman–Crippen LogP) is 4.58. The molecule has 0 saturated carbocycles. The summed E-state index contributed by atoms with van der Waals surface area (Å²) < 4.78 is 15.4. The Morgan fingerprint density at radius 1 is 0.689 bits per heavy atom. The number of aromatic nitrogens is 2. The fourth-order valence-corrected chi connectivity index (χ4v) is 5.60. The van der Waals surface area contributed by atoms with Gasteiger partial charge in [0.15, 0.2) is 11.4 Å². The molecule has 0 aliphatic heterocycles. The fourth-order valence-electron chi connectivity index (χ4n) is 4.92. The molecule has 0 atom stereocenters. The summed E-state index contributed by atoms with van der Waals surface area (Å²) in [5.74, 6) is 6.80. The maximum Gasteiger partial charge on any atom is 0.226 e. The molecule has 2 heterocycles. The summed E-state index contributed by atoms with van der Waals surface area (Å²) in [6, 6.07) is 19.7. The number of nitrogens with zero attached hydrogens (tertiary/aromatic N) is 2. The van der Waals surface area contributed by atoms with Gasteiger partial charge >= 0.3 is 0 Å². The van der Waals surface area contributed by atoms with Crippen molar-refractivity contribution < 1.29 is 28.2 Å². The van der Waals surface area contributed by atoms with Gasteiger partial charge in [0.1, 0.15) is 0 Å². The first-order valence-corrected chi connectivity index (χ1v) is 16.1. The molecular formula is C36H40N4O4S+2. The molecule has 0 fully saturated rings. The number of carbonyl (C=O) groups excluding carboxylic acids is 2. The lowest BCUT2D eigenvalue weighted by atomic mass is 10.1. The van der Waals surface area contributed by atoms with E-state index in [0.717, 1.165) is 56.1 Å². The van der Waals surface area contributed by atoms with Gasteiger partial charge in [-0.3, -0.25) is 9.59 Å². The molecule has 9 heteroatoms. The van der Waals surface area contributed by atoms with Gasteiger partial charge in [0.2, 0.25) is 35.9 Å². The summed E-state index contributed by atoms with van der Waals surface area (Å²) in [7, 11) is 0. The van der Waals surface area contributed by atoms with Crippen LogP contribution in [0.2, 0.25) is 0 Å². The molecule has 2 amide bonds. The van der Waals surface area contributed by atoms with Crippen LogP contribution >= 0.6 is 11.8 Å². The average Bonchev–Trinajstić information content (AvgIpc) is 3.02. The number of amides is 2. The van der Waals surface area contributed by atoms with Crippen LogP contribution in [-0.4, -0.2) is 49.7 Å². The van der Waals surface area contributed by atoms with Gasteiger partial charge in [-0.15, -0.1) is 12.8 Å². The number of carbonyl (C=O) groups is 2. The van der Waals surface area contributed by atoms with Crippen LogP contribution in [0.3, 0.4) is 0 Å². The Morgan fingerprint density at radius 3 is 1.56 bits per heavy atom. The molecule has 4 rings (SSSR count). The number of benzene rings is 2. The lowest BCUT2D eigenvalue weighted by Crippen LogP contribution is -2.37. The molecule has 2 aromatic carbocycles. The van der Waals surface area contributed by atoms with E-state index in [1.165, 1.54) is 0 Å². The summed E-state index contributed by atoms with van der Waals surface area (Å²) in [6.45, 7) is 6.86. The standard InChI is InChI=1S/C36H38N4O4S/c1-5-17-39-27(3)7-9-29-25-31(11-13-33(29)39)37-35(41)15-19-43-21-23-45-24-22-44-20-16-36(42)38-32-12-14-34-30(26-32)10-8-28(4)40(34)18-6-2/h1-2,7-14,25-26H,15-24H2,3-4H3/p+2. The third-order valence-corrected chi connectivity index (χ3v) is 8.16. The number of thioether (sulfide) groups is 1. The van der Waals surface area contributed by atoms with Crippen molar-refractivity contribution in [1.82, 2.24) is 0 Å². The largest absolute Gasteiger partial charge is 0.380 e. The van der Waals surface area contributed by atoms with Crippen LogP contribution in [-0.2, 0) is 32.2 Å². The molecule has 2 N–H and O–H groups in total. The zero-order valence-electron chi connectivity index (χ0n) is 25.9. The van der Waals surface area contributed by atoms with E-state index in [1.54, 1.807) is 11.8 Å². The number of nitrogens with one attached hydrogen (secondary N) is 2. The van der Waals surface area contributed by atoms with Crippen LogP contribution < -0.4 is 19.8 Å². The van der Waals surface area contributed by atoms with Gasteiger partial charge in [-0.2, -0.15) is 20.9 Å². The minimum absolute atomic E-state index is 0.0908. The molecule has 0 unspecified atom stereocenters. The van der Waals surface area contributed by atoms with Gasteiger partial charge in [-0.1, -0.05) is 0 Å². The fraction of sp³-hybridized carbons (Fsp3) is 0.333. The lowest BCUT2D eigenvalue weighted by Gasteiger charge is -2.08. The predicted molar refractivity (Wildman–Crippen MR) is 181 cm³/mol. The Balaban J connectivity index is 1.04. The van der Waals surface area contributed by atoms with E-state index in [0.29, 0.717) is 39.5 Å². The minimum Gasteiger partial charge on any atom is -0.380 e. The van der Waals surface area contributed by atoms with E-state index in [-0.39, 0.29) is 24.7 Å². The zero-order chi connectivity index (χ0) is 32.0.